The van der Waals surface area contributed by atoms with E-state index in [1.54, 1.807) is 25.3 Å². The van der Waals surface area contributed by atoms with Gasteiger partial charge in [0.25, 0.3) is 0 Å². The van der Waals surface area contributed by atoms with Crippen molar-refractivity contribution in [1.29, 1.82) is 0 Å². The van der Waals surface area contributed by atoms with Gasteiger partial charge in [-0.05, 0) is 47.5 Å². The first-order valence-corrected chi connectivity index (χ1v) is 8.57. The van der Waals surface area contributed by atoms with E-state index in [0.717, 1.165) is 5.56 Å². The van der Waals surface area contributed by atoms with E-state index in [1.807, 2.05) is 13.8 Å². The summed E-state index contributed by atoms with van der Waals surface area (Å²) in [4.78, 5) is 0.250. The third kappa shape index (κ3) is 4.02. The molecular formula is C13H21BrN2O3S. The molecule has 0 saturated heterocycles. The number of benzene rings is 1. The first-order valence-electron chi connectivity index (χ1n) is 6.33. The van der Waals surface area contributed by atoms with Crippen LogP contribution < -0.4 is 5.73 Å². The topological polar surface area (TPSA) is 72.6 Å². The maximum absolute atomic E-state index is 12.7. The fourth-order valence-electron chi connectivity index (χ4n) is 1.84. The van der Waals surface area contributed by atoms with Crippen molar-refractivity contribution in [3.8, 4) is 0 Å². The fraction of sp³-hybridized carbons (Fsp3) is 0.538. The van der Waals surface area contributed by atoms with Crippen LogP contribution in [0.25, 0.3) is 0 Å². The molecule has 2 N–H and O–H groups in total. The zero-order valence-electron chi connectivity index (χ0n) is 12.0. The molecule has 0 aromatic heterocycles. The monoisotopic (exact) mass is 364 g/mol. The highest BCUT2D eigenvalue weighted by molar-refractivity contribution is 9.10. The highest BCUT2D eigenvalue weighted by Crippen LogP contribution is 2.27. The number of hydrogen-bond donors (Lipinski definition) is 1. The molecule has 20 heavy (non-hydrogen) atoms. The molecule has 0 aliphatic heterocycles. The minimum atomic E-state index is -3.56. The second-order valence-corrected chi connectivity index (χ2v) is 7.38. The predicted octanol–water partition coefficient (Wildman–Crippen LogP) is 1.95. The number of ether oxygens (including phenoxy) is 1. The summed E-state index contributed by atoms with van der Waals surface area (Å²) in [5, 5.41) is 0. The normalized spacial score (nSPS) is 12.3. The van der Waals surface area contributed by atoms with Gasteiger partial charge in [0.2, 0.25) is 10.0 Å². The highest BCUT2D eigenvalue weighted by atomic mass is 79.9. The van der Waals surface area contributed by atoms with Crippen LogP contribution >= 0.6 is 15.9 Å². The molecule has 0 amide bonds. The molecule has 0 aliphatic rings. The first kappa shape index (κ1) is 17.6. The predicted molar refractivity (Wildman–Crippen MR) is 82.9 cm³/mol. The summed E-state index contributed by atoms with van der Waals surface area (Å²) in [5.41, 5.74) is 6.43. The fourth-order valence-corrected chi connectivity index (χ4v) is 4.55. The second kappa shape index (κ2) is 7.51. The molecule has 0 fully saturated rings. The summed E-state index contributed by atoms with van der Waals surface area (Å²) >= 11 is 3.32. The van der Waals surface area contributed by atoms with E-state index in [2.05, 4.69) is 15.9 Å². The molecule has 1 aromatic rings. The summed E-state index contributed by atoms with van der Waals surface area (Å²) in [5.74, 6) is 0. The molecule has 0 spiro atoms. The van der Waals surface area contributed by atoms with Gasteiger partial charge >= 0.3 is 0 Å². The van der Waals surface area contributed by atoms with Gasteiger partial charge in [0.15, 0.2) is 0 Å². The van der Waals surface area contributed by atoms with Gasteiger partial charge < -0.3 is 10.5 Å². The molecule has 0 unspecified atom stereocenters. The number of halogens is 1. The molecule has 114 valence electrons. The van der Waals surface area contributed by atoms with Gasteiger partial charge in [-0.1, -0.05) is 6.07 Å². The van der Waals surface area contributed by atoms with Crippen LogP contribution in [0.2, 0.25) is 0 Å². The number of hydrogen-bond acceptors (Lipinski definition) is 4. The molecule has 5 nitrogen and oxygen atoms in total. The van der Waals surface area contributed by atoms with Crippen LogP contribution in [0, 0.1) is 0 Å². The van der Waals surface area contributed by atoms with Crippen molar-refractivity contribution in [2.75, 3.05) is 20.3 Å². The Morgan fingerprint density at radius 3 is 2.50 bits per heavy atom. The second-order valence-electron chi connectivity index (χ2n) is 4.67. The van der Waals surface area contributed by atoms with Crippen molar-refractivity contribution in [1.82, 2.24) is 4.31 Å². The minimum absolute atomic E-state index is 0.142. The van der Waals surface area contributed by atoms with Crippen LogP contribution in [0.4, 0.5) is 0 Å². The lowest BCUT2D eigenvalue weighted by Crippen LogP contribution is -2.39. The van der Waals surface area contributed by atoms with Crippen molar-refractivity contribution in [3.63, 3.8) is 0 Å². The number of rotatable bonds is 7. The van der Waals surface area contributed by atoms with Crippen LogP contribution in [0.5, 0.6) is 0 Å². The van der Waals surface area contributed by atoms with E-state index >= 15 is 0 Å². The first-order chi connectivity index (χ1) is 9.34. The van der Waals surface area contributed by atoms with Crippen molar-refractivity contribution in [2.45, 2.75) is 31.3 Å². The maximum atomic E-state index is 12.7. The SMILES string of the molecule is COCCN(C(C)C)S(=O)(=O)c1ccc(CN)cc1Br. The van der Waals surface area contributed by atoms with E-state index in [-0.39, 0.29) is 10.9 Å². The lowest BCUT2D eigenvalue weighted by Gasteiger charge is -2.26. The number of methoxy groups -OCH3 is 1. The molecule has 1 aromatic carbocycles. The zero-order valence-corrected chi connectivity index (χ0v) is 14.4. The van der Waals surface area contributed by atoms with Gasteiger partial charge in [0.05, 0.1) is 11.5 Å². The van der Waals surface area contributed by atoms with Crippen molar-refractivity contribution >= 4 is 26.0 Å². The minimum Gasteiger partial charge on any atom is -0.383 e. The van der Waals surface area contributed by atoms with E-state index in [1.165, 1.54) is 4.31 Å². The standard InChI is InChI=1S/C13H21BrN2O3S/c1-10(2)16(6-7-19-3)20(17,18)13-5-4-11(9-15)8-12(13)14/h4-5,8,10H,6-7,9,15H2,1-3H3. The molecule has 7 heteroatoms. The Morgan fingerprint density at radius 2 is 2.05 bits per heavy atom. The lowest BCUT2D eigenvalue weighted by molar-refractivity contribution is 0.171. The number of nitrogens with zero attached hydrogens (tertiary/aromatic N) is 1. The summed E-state index contributed by atoms with van der Waals surface area (Å²) in [6, 6.07) is 4.91. The molecule has 0 saturated carbocycles. The van der Waals surface area contributed by atoms with Crippen LogP contribution in [-0.4, -0.2) is 39.0 Å². The number of nitrogens with two attached hydrogens (primary N) is 1. The Labute approximate surface area is 129 Å². The molecule has 0 aliphatic carbocycles. The maximum Gasteiger partial charge on any atom is 0.244 e. The van der Waals surface area contributed by atoms with Crippen molar-refractivity contribution in [3.05, 3.63) is 28.2 Å². The molecular weight excluding hydrogens is 344 g/mol. The third-order valence-electron chi connectivity index (χ3n) is 2.91. The average molecular weight is 365 g/mol. The largest absolute Gasteiger partial charge is 0.383 e. The Bertz CT molecular complexity index is 547. The van der Waals surface area contributed by atoms with Crippen LogP contribution in [0.15, 0.2) is 27.6 Å². The van der Waals surface area contributed by atoms with E-state index in [9.17, 15) is 8.42 Å². The van der Waals surface area contributed by atoms with E-state index in [4.69, 9.17) is 10.5 Å². The van der Waals surface area contributed by atoms with Crippen LogP contribution in [-0.2, 0) is 21.3 Å². The van der Waals surface area contributed by atoms with Crippen molar-refractivity contribution in [2.24, 2.45) is 5.73 Å². The van der Waals surface area contributed by atoms with Gasteiger partial charge in [-0.15, -0.1) is 0 Å². The summed E-state index contributed by atoms with van der Waals surface area (Å²) in [6.07, 6.45) is 0. The smallest absolute Gasteiger partial charge is 0.244 e. The summed E-state index contributed by atoms with van der Waals surface area (Å²) in [6.45, 7) is 4.73. The van der Waals surface area contributed by atoms with Gasteiger partial charge in [-0.25, -0.2) is 8.42 Å². The van der Waals surface area contributed by atoms with Gasteiger partial charge in [-0.2, -0.15) is 4.31 Å². The Balaban J connectivity index is 3.19. The number of sulfonamides is 1. The van der Waals surface area contributed by atoms with Gasteiger partial charge in [0, 0.05) is 30.7 Å². The molecule has 1 rings (SSSR count). The molecule has 0 radical (unpaired) electrons. The molecule has 0 bridgehead atoms. The Morgan fingerprint density at radius 1 is 1.40 bits per heavy atom. The average Bonchev–Trinajstić information content (AvgIpc) is 2.37. The highest BCUT2D eigenvalue weighted by Gasteiger charge is 2.28. The van der Waals surface area contributed by atoms with Gasteiger partial charge in [0.1, 0.15) is 0 Å². The molecule has 0 atom stereocenters. The summed E-state index contributed by atoms with van der Waals surface area (Å²) in [7, 11) is -2.01. The lowest BCUT2D eigenvalue weighted by atomic mass is 10.2. The van der Waals surface area contributed by atoms with Crippen LogP contribution in [0.1, 0.15) is 19.4 Å². The third-order valence-corrected chi connectivity index (χ3v) is 5.96. The van der Waals surface area contributed by atoms with Gasteiger partial charge in [-0.3, -0.25) is 0 Å². The van der Waals surface area contributed by atoms with Crippen molar-refractivity contribution < 1.29 is 13.2 Å². The Hall–Kier alpha value is -0.470. The summed E-state index contributed by atoms with van der Waals surface area (Å²) < 4.78 is 32.4. The van der Waals surface area contributed by atoms with E-state index in [0.29, 0.717) is 24.2 Å². The van der Waals surface area contributed by atoms with Crippen LogP contribution in [0.3, 0.4) is 0 Å². The van der Waals surface area contributed by atoms with E-state index < -0.39 is 10.0 Å². The quantitative estimate of drug-likeness (QED) is 0.802. The zero-order chi connectivity index (χ0) is 15.3. The Kier molecular flexibility index (Phi) is 6.60. The molecule has 0 heterocycles.